The van der Waals surface area contributed by atoms with Crippen molar-refractivity contribution in [1.82, 2.24) is 4.90 Å². The van der Waals surface area contributed by atoms with Gasteiger partial charge in [-0.15, -0.1) is 0 Å². The van der Waals surface area contributed by atoms with E-state index in [-0.39, 0.29) is 5.82 Å². The first kappa shape index (κ1) is 12.4. The van der Waals surface area contributed by atoms with Crippen molar-refractivity contribution in [2.75, 3.05) is 18.8 Å². The minimum Gasteiger partial charge on any atom is -0.398 e. The van der Waals surface area contributed by atoms with Crippen molar-refractivity contribution >= 4 is 5.69 Å². The lowest BCUT2D eigenvalue weighted by Gasteiger charge is -2.19. The molecule has 0 aromatic heterocycles. The fraction of sp³-hybridized carbons (Fsp3) is 0.571. The van der Waals surface area contributed by atoms with Crippen molar-refractivity contribution in [2.24, 2.45) is 11.8 Å². The van der Waals surface area contributed by atoms with E-state index in [9.17, 15) is 4.39 Å². The lowest BCUT2D eigenvalue weighted by molar-refractivity contribution is 0.293. The van der Waals surface area contributed by atoms with E-state index in [1.807, 2.05) is 0 Å². The number of nitrogens with zero attached hydrogens (tertiary/aromatic N) is 1. The zero-order valence-corrected chi connectivity index (χ0v) is 10.6. The van der Waals surface area contributed by atoms with Crippen LogP contribution in [0.4, 0.5) is 10.1 Å². The predicted octanol–water partition coefficient (Wildman–Crippen LogP) is 2.89. The van der Waals surface area contributed by atoms with E-state index >= 15 is 0 Å². The van der Waals surface area contributed by atoms with E-state index in [0.717, 1.165) is 19.0 Å². The Morgan fingerprint density at radius 1 is 1.47 bits per heavy atom. The number of nitrogens with two attached hydrogens (primary N) is 1. The van der Waals surface area contributed by atoms with Crippen LogP contribution in [0.1, 0.15) is 25.8 Å². The maximum atomic E-state index is 13.7. The van der Waals surface area contributed by atoms with E-state index in [1.54, 1.807) is 12.1 Å². The molecule has 0 aliphatic carbocycles. The van der Waals surface area contributed by atoms with Gasteiger partial charge in [-0.25, -0.2) is 4.39 Å². The Kier molecular flexibility index (Phi) is 3.67. The summed E-state index contributed by atoms with van der Waals surface area (Å²) >= 11 is 0. The Balaban J connectivity index is 2.03. The molecule has 0 saturated carbocycles. The number of anilines is 1. The smallest absolute Gasteiger partial charge is 0.129 e. The minimum absolute atomic E-state index is 0.182. The quantitative estimate of drug-likeness (QED) is 0.818. The molecule has 3 heteroatoms. The molecule has 94 valence electrons. The third kappa shape index (κ3) is 2.78. The number of halogens is 1. The van der Waals surface area contributed by atoms with Gasteiger partial charge in [0, 0.05) is 24.3 Å². The lowest BCUT2D eigenvalue weighted by Crippen LogP contribution is -2.22. The predicted molar refractivity (Wildman–Crippen MR) is 69.0 cm³/mol. The van der Waals surface area contributed by atoms with Crippen molar-refractivity contribution in [1.29, 1.82) is 0 Å². The molecule has 1 heterocycles. The van der Waals surface area contributed by atoms with Crippen LogP contribution in [0.25, 0.3) is 0 Å². The third-order valence-electron chi connectivity index (χ3n) is 3.79. The number of hydrogen-bond donors (Lipinski definition) is 1. The van der Waals surface area contributed by atoms with E-state index < -0.39 is 0 Å². The van der Waals surface area contributed by atoms with Crippen molar-refractivity contribution in [2.45, 2.75) is 26.8 Å². The lowest BCUT2D eigenvalue weighted by atomic mass is 9.95. The average molecular weight is 236 g/mol. The van der Waals surface area contributed by atoms with Crippen molar-refractivity contribution in [3.63, 3.8) is 0 Å². The molecule has 17 heavy (non-hydrogen) atoms. The molecule has 0 spiro atoms. The highest BCUT2D eigenvalue weighted by Gasteiger charge is 2.25. The molecule has 1 atom stereocenters. The molecule has 0 amide bonds. The van der Waals surface area contributed by atoms with Gasteiger partial charge < -0.3 is 5.73 Å². The SMILES string of the molecule is CC(C)C1CCN(Cc2c(N)cccc2F)C1. The molecule has 1 aliphatic heterocycles. The first-order valence-electron chi connectivity index (χ1n) is 6.33. The highest BCUT2D eigenvalue weighted by Crippen LogP contribution is 2.26. The Bertz CT molecular complexity index is 370. The maximum absolute atomic E-state index is 13.7. The molecule has 1 aromatic rings. The molecule has 0 radical (unpaired) electrons. The highest BCUT2D eigenvalue weighted by atomic mass is 19.1. The molecule has 1 saturated heterocycles. The topological polar surface area (TPSA) is 29.3 Å². The van der Waals surface area contributed by atoms with Gasteiger partial charge in [0.1, 0.15) is 5.82 Å². The fourth-order valence-corrected chi connectivity index (χ4v) is 2.52. The summed E-state index contributed by atoms with van der Waals surface area (Å²) in [6, 6.07) is 4.92. The van der Waals surface area contributed by atoms with Gasteiger partial charge in [-0.3, -0.25) is 4.90 Å². The molecule has 1 unspecified atom stereocenters. The number of likely N-dealkylation sites (tertiary alicyclic amines) is 1. The monoisotopic (exact) mass is 236 g/mol. The van der Waals surface area contributed by atoms with E-state index in [4.69, 9.17) is 5.73 Å². The van der Waals surface area contributed by atoms with Crippen molar-refractivity contribution < 1.29 is 4.39 Å². The van der Waals surface area contributed by atoms with Crippen LogP contribution in [0, 0.1) is 17.7 Å². The largest absolute Gasteiger partial charge is 0.398 e. The summed E-state index contributed by atoms with van der Waals surface area (Å²) in [6.45, 7) is 7.26. The van der Waals surface area contributed by atoms with E-state index in [2.05, 4.69) is 18.7 Å². The summed E-state index contributed by atoms with van der Waals surface area (Å²) in [6.07, 6.45) is 1.21. The summed E-state index contributed by atoms with van der Waals surface area (Å²) in [7, 11) is 0. The maximum Gasteiger partial charge on any atom is 0.129 e. The van der Waals surface area contributed by atoms with Gasteiger partial charge in [-0.1, -0.05) is 19.9 Å². The number of nitrogen functional groups attached to an aromatic ring is 1. The first-order valence-corrected chi connectivity index (χ1v) is 6.33. The Labute approximate surface area is 103 Å². The van der Waals surface area contributed by atoms with E-state index in [0.29, 0.717) is 23.7 Å². The third-order valence-corrected chi connectivity index (χ3v) is 3.79. The number of rotatable bonds is 3. The number of benzene rings is 1. The van der Waals surface area contributed by atoms with Gasteiger partial charge >= 0.3 is 0 Å². The number of hydrogen-bond acceptors (Lipinski definition) is 2. The van der Waals surface area contributed by atoms with Crippen LogP contribution in [0.2, 0.25) is 0 Å². The Morgan fingerprint density at radius 2 is 2.24 bits per heavy atom. The normalized spacial score (nSPS) is 21.3. The zero-order chi connectivity index (χ0) is 12.4. The van der Waals surface area contributed by atoms with Crippen LogP contribution >= 0.6 is 0 Å². The Morgan fingerprint density at radius 3 is 2.82 bits per heavy atom. The second-order valence-electron chi connectivity index (χ2n) is 5.34. The second-order valence-corrected chi connectivity index (χ2v) is 5.34. The van der Waals surface area contributed by atoms with Gasteiger partial charge in [0.15, 0.2) is 0 Å². The molecular formula is C14H21FN2. The standard InChI is InChI=1S/C14H21FN2/c1-10(2)11-6-7-17(8-11)9-12-13(15)4-3-5-14(12)16/h3-5,10-11H,6-9,16H2,1-2H3. The fourth-order valence-electron chi connectivity index (χ4n) is 2.52. The van der Waals surface area contributed by atoms with Crippen LogP contribution in [0.15, 0.2) is 18.2 Å². The van der Waals surface area contributed by atoms with E-state index in [1.165, 1.54) is 12.5 Å². The van der Waals surface area contributed by atoms with Gasteiger partial charge in [0.2, 0.25) is 0 Å². The summed E-state index contributed by atoms with van der Waals surface area (Å²) in [5.74, 6) is 1.26. The van der Waals surface area contributed by atoms with Gasteiger partial charge in [0.25, 0.3) is 0 Å². The van der Waals surface area contributed by atoms with Crippen LogP contribution in [-0.4, -0.2) is 18.0 Å². The molecule has 2 nitrogen and oxygen atoms in total. The van der Waals surface area contributed by atoms with Crippen LogP contribution in [-0.2, 0) is 6.54 Å². The van der Waals surface area contributed by atoms with Gasteiger partial charge in [-0.05, 0) is 36.9 Å². The summed E-state index contributed by atoms with van der Waals surface area (Å²) in [5, 5.41) is 0. The molecule has 1 fully saturated rings. The van der Waals surface area contributed by atoms with Crippen LogP contribution < -0.4 is 5.73 Å². The molecule has 2 rings (SSSR count). The highest BCUT2D eigenvalue weighted by molar-refractivity contribution is 5.47. The van der Waals surface area contributed by atoms with Crippen LogP contribution in [0.3, 0.4) is 0 Å². The van der Waals surface area contributed by atoms with Gasteiger partial charge in [-0.2, -0.15) is 0 Å². The second kappa shape index (κ2) is 5.05. The average Bonchev–Trinajstić information content (AvgIpc) is 2.72. The van der Waals surface area contributed by atoms with Crippen molar-refractivity contribution in [3.8, 4) is 0 Å². The summed E-state index contributed by atoms with van der Waals surface area (Å²) < 4.78 is 13.7. The minimum atomic E-state index is -0.182. The Hall–Kier alpha value is -1.09. The van der Waals surface area contributed by atoms with Gasteiger partial charge in [0.05, 0.1) is 0 Å². The van der Waals surface area contributed by atoms with Crippen LogP contribution in [0.5, 0.6) is 0 Å². The molecule has 1 aromatic carbocycles. The molecule has 1 aliphatic rings. The zero-order valence-electron chi connectivity index (χ0n) is 10.6. The first-order chi connectivity index (χ1) is 8.08. The summed E-state index contributed by atoms with van der Waals surface area (Å²) in [4.78, 5) is 2.30. The van der Waals surface area contributed by atoms with Crippen molar-refractivity contribution in [3.05, 3.63) is 29.6 Å². The molecule has 0 bridgehead atoms. The summed E-state index contributed by atoms with van der Waals surface area (Å²) in [5.41, 5.74) is 7.04. The molecule has 2 N–H and O–H groups in total. The molecular weight excluding hydrogens is 215 g/mol.